The van der Waals surface area contributed by atoms with E-state index >= 15 is 0 Å². The van der Waals surface area contributed by atoms with Crippen LogP contribution in [0.1, 0.15) is 47.0 Å². The first-order valence-electron chi connectivity index (χ1n) is 7.89. The normalized spacial score (nSPS) is 21.3. The van der Waals surface area contributed by atoms with Gasteiger partial charge < -0.3 is 9.64 Å². The van der Waals surface area contributed by atoms with Crippen LogP contribution in [0.3, 0.4) is 0 Å². The van der Waals surface area contributed by atoms with Crippen LogP contribution in [0, 0.1) is 0 Å². The number of likely N-dealkylation sites (N-methyl/N-ethyl adjacent to an activating group) is 1. The van der Waals surface area contributed by atoms with Gasteiger partial charge in [-0.2, -0.15) is 0 Å². The summed E-state index contributed by atoms with van der Waals surface area (Å²) in [5, 5.41) is 0. The molecular formula is C15H34N2O. The van der Waals surface area contributed by atoms with Crippen molar-refractivity contribution in [2.75, 3.05) is 52.5 Å². The number of morpholine rings is 1. The van der Waals surface area contributed by atoms with Crippen LogP contribution in [0.5, 0.6) is 0 Å². The fourth-order valence-electron chi connectivity index (χ4n) is 2.19. The molecule has 0 aromatic carbocycles. The molecule has 2 saturated heterocycles. The van der Waals surface area contributed by atoms with Crippen LogP contribution < -0.4 is 0 Å². The molecule has 2 aliphatic heterocycles. The maximum Gasteiger partial charge on any atom is 0.0594 e. The average Bonchev–Trinajstić information content (AvgIpc) is 2.51. The van der Waals surface area contributed by atoms with E-state index in [1.165, 1.54) is 45.4 Å². The Kier molecular flexibility index (Phi) is 13.2. The van der Waals surface area contributed by atoms with E-state index in [9.17, 15) is 0 Å². The number of nitrogens with zero attached hydrogens (tertiary/aromatic N) is 2. The summed E-state index contributed by atoms with van der Waals surface area (Å²) in [4.78, 5) is 4.91. The van der Waals surface area contributed by atoms with Gasteiger partial charge in [0.1, 0.15) is 0 Å². The first-order valence-corrected chi connectivity index (χ1v) is 7.89. The van der Waals surface area contributed by atoms with Crippen molar-refractivity contribution in [1.29, 1.82) is 0 Å². The lowest BCUT2D eigenvalue weighted by Gasteiger charge is -2.24. The van der Waals surface area contributed by atoms with E-state index in [4.69, 9.17) is 4.74 Å². The van der Waals surface area contributed by atoms with Crippen molar-refractivity contribution in [2.24, 2.45) is 0 Å². The largest absolute Gasteiger partial charge is 0.379 e. The van der Waals surface area contributed by atoms with Crippen molar-refractivity contribution in [3.63, 3.8) is 0 Å². The number of ether oxygens (including phenoxy) is 1. The van der Waals surface area contributed by atoms with Crippen molar-refractivity contribution < 1.29 is 4.74 Å². The van der Waals surface area contributed by atoms with E-state index in [1.807, 2.05) is 13.8 Å². The van der Waals surface area contributed by atoms with Gasteiger partial charge in [-0.1, -0.05) is 34.1 Å². The Balaban J connectivity index is 0.000000283. The summed E-state index contributed by atoms with van der Waals surface area (Å²) in [6.07, 6.45) is 4.30. The first kappa shape index (κ1) is 17.9. The Labute approximate surface area is 114 Å². The van der Waals surface area contributed by atoms with E-state index in [1.54, 1.807) is 0 Å². The number of likely N-dealkylation sites (tertiary alicyclic amines) is 1. The molecule has 3 nitrogen and oxygen atoms in total. The lowest BCUT2D eigenvalue weighted by molar-refractivity contribution is 0.0405. The summed E-state index contributed by atoms with van der Waals surface area (Å²) in [7, 11) is 0. The summed E-state index contributed by atoms with van der Waals surface area (Å²) >= 11 is 0. The molecule has 110 valence electrons. The van der Waals surface area contributed by atoms with Crippen molar-refractivity contribution in [3.05, 3.63) is 0 Å². The summed E-state index contributed by atoms with van der Waals surface area (Å²) in [6.45, 7) is 17.6. The number of piperidine rings is 1. The lowest BCUT2D eigenvalue weighted by atomic mass is 10.1. The van der Waals surface area contributed by atoms with Gasteiger partial charge in [-0.25, -0.2) is 0 Å². The van der Waals surface area contributed by atoms with E-state index in [0.717, 1.165) is 26.3 Å². The molecule has 0 saturated carbocycles. The Hall–Kier alpha value is -0.120. The lowest BCUT2D eigenvalue weighted by Crippen LogP contribution is -2.35. The van der Waals surface area contributed by atoms with Gasteiger partial charge in [0.15, 0.2) is 0 Å². The molecule has 3 heteroatoms. The Morgan fingerprint density at radius 3 is 1.50 bits per heavy atom. The van der Waals surface area contributed by atoms with Crippen LogP contribution in [-0.2, 0) is 4.74 Å². The van der Waals surface area contributed by atoms with Gasteiger partial charge in [-0.3, -0.25) is 4.90 Å². The average molecular weight is 258 g/mol. The monoisotopic (exact) mass is 258 g/mol. The highest BCUT2D eigenvalue weighted by molar-refractivity contribution is 4.61. The summed E-state index contributed by atoms with van der Waals surface area (Å²) in [5.41, 5.74) is 0. The molecule has 0 radical (unpaired) electrons. The third-order valence-corrected chi connectivity index (χ3v) is 3.45. The molecule has 18 heavy (non-hydrogen) atoms. The van der Waals surface area contributed by atoms with Gasteiger partial charge in [0.05, 0.1) is 13.2 Å². The number of rotatable bonds is 2. The van der Waals surface area contributed by atoms with Gasteiger partial charge in [-0.05, 0) is 39.0 Å². The Morgan fingerprint density at radius 2 is 1.17 bits per heavy atom. The zero-order valence-electron chi connectivity index (χ0n) is 13.1. The minimum atomic E-state index is 0.924. The fraction of sp³-hybridized carbons (Fsp3) is 1.00. The molecule has 0 atom stereocenters. The molecule has 0 N–H and O–H groups in total. The van der Waals surface area contributed by atoms with Crippen molar-refractivity contribution in [1.82, 2.24) is 9.80 Å². The molecule has 0 bridgehead atoms. The van der Waals surface area contributed by atoms with E-state index in [2.05, 4.69) is 23.6 Å². The molecule has 0 aromatic heterocycles. The minimum absolute atomic E-state index is 0.924. The van der Waals surface area contributed by atoms with Gasteiger partial charge in [0.2, 0.25) is 0 Å². The molecule has 2 aliphatic rings. The quantitative estimate of drug-likeness (QED) is 0.757. The second-order valence-corrected chi connectivity index (χ2v) is 4.54. The van der Waals surface area contributed by atoms with Gasteiger partial charge in [0, 0.05) is 13.1 Å². The maximum absolute atomic E-state index is 5.16. The van der Waals surface area contributed by atoms with E-state index < -0.39 is 0 Å². The highest BCUT2D eigenvalue weighted by Gasteiger charge is 2.06. The van der Waals surface area contributed by atoms with Crippen LogP contribution >= 0.6 is 0 Å². The van der Waals surface area contributed by atoms with Crippen LogP contribution in [-0.4, -0.2) is 62.3 Å². The van der Waals surface area contributed by atoms with Crippen molar-refractivity contribution in [3.8, 4) is 0 Å². The number of hydrogen-bond donors (Lipinski definition) is 0. The second kappa shape index (κ2) is 13.3. The standard InChI is InChI=1S/C7H15N.C6H13NO.C2H6/c1-2-8-6-4-3-5-7-8;1-2-7-3-5-8-6-4-7;1-2/h2-7H2,1H3;2-6H2,1H3;1-2H3. The predicted octanol–water partition coefficient (Wildman–Crippen LogP) is 2.86. The summed E-state index contributed by atoms with van der Waals surface area (Å²) in [5.74, 6) is 0. The Bertz CT molecular complexity index is 135. The summed E-state index contributed by atoms with van der Waals surface area (Å²) in [6, 6.07) is 0. The highest BCUT2D eigenvalue weighted by atomic mass is 16.5. The number of hydrogen-bond acceptors (Lipinski definition) is 3. The van der Waals surface area contributed by atoms with Crippen molar-refractivity contribution in [2.45, 2.75) is 47.0 Å². The molecule has 2 fully saturated rings. The van der Waals surface area contributed by atoms with Crippen molar-refractivity contribution >= 4 is 0 Å². The molecular weight excluding hydrogens is 224 g/mol. The third-order valence-electron chi connectivity index (χ3n) is 3.45. The van der Waals surface area contributed by atoms with Crippen LogP contribution in [0.15, 0.2) is 0 Å². The molecule has 0 aliphatic carbocycles. The topological polar surface area (TPSA) is 15.7 Å². The zero-order valence-corrected chi connectivity index (χ0v) is 13.1. The van der Waals surface area contributed by atoms with Gasteiger partial charge >= 0.3 is 0 Å². The molecule has 2 rings (SSSR count). The van der Waals surface area contributed by atoms with Crippen LogP contribution in [0.4, 0.5) is 0 Å². The SMILES string of the molecule is CC.CCN1CCCCC1.CCN1CCOCC1. The molecule has 0 spiro atoms. The molecule has 0 aromatic rings. The molecule has 0 unspecified atom stereocenters. The smallest absolute Gasteiger partial charge is 0.0594 e. The zero-order chi connectivity index (χ0) is 13.6. The summed E-state index contributed by atoms with van der Waals surface area (Å²) < 4.78 is 5.16. The Morgan fingerprint density at radius 1 is 0.722 bits per heavy atom. The minimum Gasteiger partial charge on any atom is -0.379 e. The van der Waals surface area contributed by atoms with Crippen LogP contribution in [0.25, 0.3) is 0 Å². The molecule has 2 heterocycles. The fourth-order valence-corrected chi connectivity index (χ4v) is 2.19. The highest BCUT2D eigenvalue weighted by Crippen LogP contribution is 2.06. The van der Waals surface area contributed by atoms with Gasteiger partial charge in [0.25, 0.3) is 0 Å². The molecule has 0 amide bonds. The second-order valence-electron chi connectivity index (χ2n) is 4.54. The first-order chi connectivity index (χ1) is 8.86. The third kappa shape index (κ3) is 8.90. The van der Waals surface area contributed by atoms with Gasteiger partial charge in [-0.15, -0.1) is 0 Å². The van der Waals surface area contributed by atoms with E-state index in [0.29, 0.717) is 0 Å². The van der Waals surface area contributed by atoms with E-state index in [-0.39, 0.29) is 0 Å². The van der Waals surface area contributed by atoms with Crippen LogP contribution in [0.2, 0.25) is 0 Å². The predicted molar refractivity (Wildman–Crippen MR) is 80.2 cm³/mol. The maximum atomic E-state index is 5.16.